The highest BCUT2D eigenvalue weighted by molar-refractivity contribution is 7.99. The van der Waals surface area contributed by atoms with Crippen LogP contribution in [0.25, 0.3) is 0 Å². The quantitative estimate of drug-likeness (QED) is 0.834. The summed E-state index contributed by atoms with van der Waals surface area (Å²) in [5.41, 5.74) is 0. The van der Waals surface area contributed by atoms with Gasteiger partial charge in [-0.25, -0.2) is 0 Å². The molecule has 2 rings (SSSR count). The summed E-state index contributed by atoms with van der Waals surface area (Å²) in [4.78, 5) is 1.51. The zero-order chi connectivity index (χ0) is 11.2. The highest BCUT2D eigenvalue weighted by atomic mass is 32.2. The van der Waals surface area contributed by atoms with Crippen molar-refractivity contribution in [3.63, 3.8) is 0 Å². The second-order valence-electron chi connectivity index (χ2n) is 4.51. The fraction of sp³-hybridized carbons (Fsp3) is 0.692. The topological polar surface area (TPSA) is 12.0 Å². The maximum absolute atomic E-state index is 3.45. The second-order valence-corrected chi connectivity index (χ2v) is 6.87. The average molecular weight is 255 g/mol. The van der Waals surface area contributed by atoms with Gasteiger partial charge in [-0.15, -0.1) is 11.3 Å². The van der Waals surface area contributed by atoms with Crippen LogP contribution in [0.4, 0.5) is 0 Å². The molecule has 1 aromatic heterocycles. The van der Waals surface area contributed by atoms with E-state index in [-0.39, 0.29) is 0 Å². The van der Waals surface area contributed by atoms with E-state index in [0.717, 1.165) is 5.25 Å². The Balaban J connectivity index is 1.72. The van der Waals surface area contributed by atoms with Crippen LogP contribution in [0.3, 0.4) is 0 Å². The Hall–Kier alpha value is 0.01000. The van der Waals surface area contributed by atoms with Gasteiger partial charge in [-0.2, -0.15) is 11.8 Å². The summed E-state index contributed by atoms with van der Waals surface area (Å²) in [6.45, 7) is 0. The van der Waals surface area contributed by atoms with Crippen molar-refractivity contribution < 1.29 is 0 Å². The van der Waals surface area contributed by atoms with Gasteiger partial charge in [0.2, 0.25) is 0 Å². The van der Waals surface area contributed by atoms with Crippen molar-refractivity contribution in [2.75, 3.05) is 12.8 Å². The van der Waals surface area contributed by atoms with Crippen LogP contribution in [0.2, 0.25) is 0 Å². The fourth-order valence-corrected chi connectivity index (χ4v) is 4.47. The number of hydrogen-bond donors (Lipinski definition) is 1. The number of thioether (sulfide) groups is 1. The highest BCUT2D eigenvalue weighted by Crippen LogP contribution is 2.30. The molecule has 1 atom stereocenters. The zero-order valence-corrected chi connectivity index (χ0v) is 11.6. The maximum atomic E-state index is 3.45. The molecular formula is C13H21NS2. The van der Waals surface area contributed by atoms with Gasteiger partial charge < -0.3 is 5.32 Å². The molecular weight excluding hydrogens is 234 g/mol. The van der Waals surface area contributed by atoms with Gasteiger partial charge in [0.1, 0.15) is 0 Å². The van der Waals surface area contributed by atoms with Crippen LogP contribution in [-0.4, -0.2) is 24.1 Å². The van der Waals surface area contributed by atoms with Gasteiger partial charge in [-0.1, -0.05) is 18.9 Å². The van der Waals surface area contributed by atoms with E-state index < -0.39 is 0 Å². The molecule has 3 heteroatoms. The third kappa shape index (κ3) is 3.79. The molecule has 0 spiro atoms. The first-order valence-corrected chi connectivity index (χ1v) is 8.12. The molecule has 0 amide bonds. The Labute approximate surface area is 107 Å². The first kappa shape index (κ1) is 12.5. The van der Waals surface area contributed by atoms with Crippen molar-refractivity contribution in [1.29, 1.82) is 0 Å². The molecule has 1 nitrogen and oxygen atoms in total. The van der Waals surface area contributed by atoms with Gasteiger partial charge in [0.15, 0.2) is 0 Å². The molecule has 0 bridgehead atoms. The van der Waals surface area contributed by atoms with Crippen LogP contribution in [-0.2, 0) is 6.42 Å². The SMILES string of the molecule is CNC(CSC1CCCC1)Cc1cccs1. The van der Waals surface area contributed by atoms with Gasteiger partial charge in [0.25, 0.3) is 0 Å². The molecule has 0 aromatic carbocycles. The molecule has 1 aromatic rings. The molecule has 1 saturated carbocycles. The van der Waals surface area contributed by atoms with Crippen LogP contribution in [0.15, 0.2) is 17.5 Å². The zero-order valence-electron chi connectivity index (χ0n) is 9.95. The molecule has 1 fully saturated rings. The van der Waals surface area contributed by atoms with Gasteiger partial charge >= 0.3 is 0 Å². The van der Waals surface area contributed by atoms with Crippen LogP contribution in [0.5, 0.6) is 0 Å². The van der Waals surface area contributed by atoms with E-state index in [9.17, 15) is 0 Å². The molecule has 90 valence electrons. The molecule has 0 saturated heterocycles. The monoisotopic (exact) mass is 255 g/mol. The summed E-state index contributed by atoms with van der Waals surface area (Å²) in [5.74, 6) is 1.26. The van der Waals surface area contributed by atoms with E-state index in [1.807, 2.05) is 11.3 Å². The average Bonchev–Trinajstić information content (AvgIpc) is 2.97. The van der Waals surface area contributed by atoms with Crippen LogP contribution < -0.4 is 5.32 Å². The molecule has 0 radical (unpaired) electrons. The van der Waals surface area contributed by atoms with Gasteiger partial charge in [0.05, 0.1) is 0 Å². The third-order valence-corrected chi connectivity index (χ3v) is 5.71. The normalized spacial score (nSPS) is 19.1. The van der Waals surface area contributed by atoms with E-state index in [0.29, 0.717) is 6.04 Å². The maximum Gasteiger partial charge on any atom is 0.0203 e. The van der Waals surface area contributed by atoms with Gasteiger partial charge in [0, 0.05) is 21.9 Å². The van der Waals surface area contributed by atoms with Crippen LogP contribution in [0.1, 0.15) is 30.6 Å². The van der Waals surface area contributed by atoms with Gasteiger partial charge in [-0.3, -0.25) is 0 Å². The van der Waals surface area contributed by atoms with Crippen LogP contribution >= 0.6 is 23.1 Å². The summed E-state index contributed by atoms with van der Waals surface area (Å²) in [5, 5.41) is 6.57. The largest absolute Gasteiger partial charge is 0.316 e. The lowest BCUT2D eigenvalue weighted by atomic mass is 10.2. The Morgan fingerprint density at radius 2 is 2.31 bits per heavy atom. The van der Waals surface area contributed by atoms with Gasteiger partial charge in [-0.05, 0) is 37.8 Å². The molecule has 16 heavy (non-hydrogen) atoms. The Bertz CT molecular complexity index is 278. The lowest BCUT2D eigenvalue weighted by Gasteiger charge is -2.17. The summed E-state index contributed by atoms with van der Waals surface area (Å²) < 4.78 is 0. The molecule has 1 aliphatic carbocycles. The Morgan fingerprint density at radius 1 is 1.50 bits per heavy atom. The minimum Gasteiger partial charge on any atom is -0.316 e. The van der Waals surface area contributed by atoms with E-state index in [1.54, 1.807) is 0 Å². The molecule has 1 aliphatic rings. The number of thiophene rings is 1. The minimum atomic E-state index is 0.643. The third-order valence-electron chi connectivity index (χ3n) is 3.27. The summed E-state index contributed by atoms with van der Waals surface area (Å²) >= 11 is 4.06. The lowest BCUT2D eigenvalue weighted by Crippen LogP contribution is -2.30. The minimum absolute atomic E-state index is 0.643. The first-order valence-electron chi connectivity index (χ1n) is 6.19. The first-order chi connectivity index (χ1) is 7.88. The number of rotatable bonds is 6. The van der Waals surface area contributed by atoms with E-state index in [2.05, 4.69) is 41.6 Å². The van der Waals surface area contributed by atoms with Crippen molar-refractivity contribution in [3.05, 3.63) is 22.4 Å². The van der Waals surface area contributed by atoms with Crippen molar-refractivity contribution in [1.82, 2.24) is 5.32 Å². The van der Waals surface area contributed by atoms with Crippen molar-refractivity contribution in [2.45, 2.75) is 43.4 Å². The lowest BCUT2D eigenvalue weighted by molar-refractivity contribution is 0.620. The van der Waals surface area contributed by atoms with Crippen molar-refractivity contribution in [3.8, 4) is 0 Å². The predicted octanol–water partition coefficient (Wildman–Crippen LogP) is 3.55. The second kappa shape index (κ2) is 6.67. The molecule has 0 aliphatic heterocycles. The predicted molar refractivity (Wildman–Crippen MR) is 75.6 cm³/mol. The molecule has 1 heterocycles. The number of nitrogens with one attached hydrogen (secondary N) is 1. The number of likely N-dealkylation sites (N-methyl/N-ethyl adjacent to an activating group) is 1. The van der Waals surface area contributed by atoms with Crippen molar-refractivity contribution in [2.24, 2.45) is 0 Å². The van der Waals surface area contributed by atoms with Crippen molar-refractivity contribution >= 4 is 23.1 Å². The standard InChI is InChI=1S/C13H21NS2/c1-14-11(9-13-7-4-8-15-13)10-16-12-5-2-3-6-12/h4,7-8,11-12,14H,2-3,5-6,9-10H2,1H3. The van der Waals surface area contributed by atoms with E-state index in [4.69, 9.17) is 0 Å². The summed E-state index contributed by atoms with van der Waals surface area (Å²) in [7, 11) is 2.09. The molecule has 1 N–H and O–H groups in total. The highest BCUT2D eigenvalue weighted by Gasteiger charge is 2.17. The van der Waals surface area contributed by atoms with E-state index >= 15 is 0 Å². The smallest absolute Gasteiger partial charge is 0.0203 e. The molecule has 1 unspecified atom stereocenters. The summed E-state index contributed by atoms with van der Waals surface area (Å²) in [6, 6.07) is 5.04. The Morgan fingerprint density at radius 3 is 2.94 bits per heavy atom. The van der Waals surface area contributed by atoms with E-state index in [1.165, 1.54) is 42.7 Å². The van der Waals surface area contributed by atoms with Crippen LogP contribution in [0, 0.1) is 0 Å². The Kier molecular flexibility index (Phi) is 5.20. The fourth-order valence-electron chi connectivity index (χ4n) is 2.22. The summed E-state index contributed by atoms with van der Waals surface area (Å²) in [6.07, 6.45) is 6.98. The number of hydrogen-bond acceptors (Lipinski definition) is 3.